The fraction of sp³-hybridized carbons (Fsp3) is 0.481. The van der Waals surface area contributed by atoms with E-state index >= 15 is 0 Å². The number of rotatable bonds is 13. The van der Waals surface area contributed by atoms with Crippen LogP contribution in [0, 0.1) is 5.92 Å². The van der Waals surface area contributed by atoms with Gasteiger partial charge in [-0.25, -0.2) is 8.42 Å². The first-order chi connectivity index (χ1) is 16.4. The van der Waals surface area contributed by atoms with Gasteiger partial charge in [0.15, 0.2) is 0 Å². The second-order valence-corrected chi connectivity index (χ2v) is 11.1. The van der Waals surface area contributed by atoms with Crippen molar-refractivity contribution in [3.63, 3.8) is 0 Å². The van der Waals surface area contributed by atoms with Crippen LogP contribution in [0.15, 0.2) is 61.2 Å². The lowest BCUT2D eigenvalue weighted by Crippen LogP contribution is -2.42. The quantitative estimate of drug-likeness (QED) is 0.364. The van der Waals surface area contributed by atoms with Crippen LogP contribution in [-0.2, 0) is 27.8 Å². The number of ether oxygens (including phenoxy) is 3. The van der Waals surface area contributed by atoms with Gasteiger partial charge in [-0.15, -0.1) is 6.58 Å². The highest BCUT2D eigenvalue weighted by molar-refractivity contribution is 7.89. The molecule has 0 saturated carbocycles. The Balaban J connectivity index is 1.93. The van der Waals surface area contributed by atoms with Crippen molar-refractivity contribution in [2.24, 2.45) is 5.92 Å². The molecule has 2 aromatic rings. The topological polar surface area (TPSA) is 65.1 Å². The van der Waals surface area contributed by atoms with Gasteiger partial charge in [-0.05, 0) is 67.0 Å². The van der Waals surface area contributed by atoms with E-state index in [9.17, 15) is 8.42 Å². The molecule has 6 nitrogen and oxygen atoms in total. The standard InChI is InChI=1S/C27H37NO5S/c1-5-7-21(2)27(18-26-8-6-17-33-26)34(29,30)28(19-22-9-13-24(31-3)14-10-22)20-23-11-15-25(32-4)16-12-23/h5,9-16,21,26-27H,1,6-8,17-20H2,2-4H3/t21-,26+,27-/m1/s1. The molecule has 1 saturated heterocycles. The van der Waals surface area contributed by atoms with Crippen molar-refractivity contribution in [2.75, 3.05) is 20.8 Å². The first kappa shape index (κ1) is 26.3. The molecule has 1 fully saturated rings. The molecule has 1 heterocycles. The summed E-state index contributed by atoms with van der Waals surface area (Å²) >= 11 is 0. The Morgan fingerprint density at radius 1 is 1.03 bits per heavy atom. The van der Waals surface area contributed by atoms with Crippen LogP contribution >= 0.6 is 0 Å². The maximum Gasteiger partial charge on any atom is 0.217 e. The third kappa shape index (κ3) is 6.84. The van der Waals surface area contributed by atoms with Gasteiger partial charge in [0.1, 0.15) is 11.5 Å². The van der Waals surface area contributed by atoms with E-state index in [1.165, 1.54) is 0 Å². The van der Waals surface area contributed by atoms with Crippen molar-refractivity contribution in [3.8, 4) is 11.5 Å². The van der Waals surface area contributed by atoms with Gasteiger partial charge in [0.25, 0.3) is 0 Å². The van der Waals surface area contributed by atoms with Crippen molar-refractivity contribution in [1.82, 2.24) is 4.31 Å². The molecular formula is C27H37NO5S. The molecule has 1 aliphatic rings. The van der Waals surface area contributed by atoms with Crippen molar-refractivity contribution in [1.29, 1.82) is 0 Å². The normalized spacial score (nSPS) is 17.9. The molecule has 3 atom stereocenters. The van der Waals surface area contributed by atoms with E-state index in [0.29, 0.717) is 19.4 Å². The molecule has 0 radical (unpaired) electrons. The number of methoxy groups -OCH3 is 2. The summed E-state index contributed by atoms with van der Waals surface area (Å²) in [7, 11) is -0.422. The number of benzene rings is 2. The van der Waals surface area contributed by atoms with Crippen LogP contribution in [0.25, 0.3) is 0 Å². The van der Waals surface area contributed by atoms with E-state index in [1.807, 2.05) is 55.5 Å². The average molecular weight is 488 g/mol. The molecule has 0 amide bonds. The average Bonchev–Trinajstić information content (AvgIpc) is 3.36. The Hall–Kier alpha value is -2.35. The number of hydrogen-bond acceptors (Lipinski definition) is 5. The van der Waals surface area contributed by atoms with Crippen LogP contribution in [0.2, 0.25) is 0 Å². The summed E-state index contributed by atoms with van der Waals surface area (Å²) in [6, 6.07) is 15.1. The first-order valence-electron chi connectivity index (χ1n) is 11.8. The second-order valence-electron chi connectivity index (χ2n) is 8.92. The van der Waals surface area contributed by atoms with Gasteiger partial charge in [-0.1, -0.05) is 37.3 Å². The summed E-state index contributed by atoms with van der Waals surface area (Å²) in [6.07, 6.45) is 4.81. The minimum atomic E-state index is -3.66. The van der Waals surface area contributed by atoms with Gasteiger partial charge < -0.3 is 14.2 Å². The lowest BCUT2D eigenvalue weighted by atomic mass is 9.98. The van der Waals surface area contributed by atoms with Crippen molar-refractivity contribution in [3.05, 3.63) is 72.3 Å². The zero-order chi connectivity index (χ0) is 24.6. The van der Waals surface area contributed by atoms with E-state index in [4.69, 9.17) is 14.2 Å². The molecule has 0 bridgehead atoms. The highest BCUT2D eigenvalue weighted by Gasteiger charge is 2.38. The van der Waals surface area contributed by atoms with Gasteiger partial charge >= 0.3 is 0 Å². The Morgan fingerprint density at radius 3 is 1.97 bits per heavy atom. The monoisotopic (exact) mass is 487 g/mol. The SMILES string of the molecule is C=CC[C@@H](C)[C@@H](C[C@@H]1CCCO1)S(=O)(=O)N(Cc1ccc(OC)cc1)Cc1ccc(OC)cc1. The molecule has 0 aromatic heterocycles. The van der Waals surface area contributed by atoms with E-state index in [1.54, 1.807) is 24.6 Å². The fourth-order valence-corrected chi connectivity index (χ4v) is 6.65. The van der Waals surface area contributed by atoms with Crippen molar-refractivity contribution in [2.45, 2.75) is 57.1 Å². The van der Waals surface area contributed by atoms with Gasteiger partial charge in [-0.2, -0.15) is 4.31 Å². The van der Waals surface area contributed by atoms with E-state index in [0.717, 1.165) is 35.5 Å². The van der Waals surface area contributed by atoms with E-state index < -0.39 is 15.3 Å². The maximum atomic E-state index is 14.2. The van der Waals surface area contributed by atoms with Crippen LogP contribution in [0.4, 0.5) is 0 Å². The third-order valence-corrected chi connectivity index (χ3v) is 8.87. The van der Waals surface area contributed by atoms with Crippen LogP contribution in [0.5, 0.6) is 11.5 Å². The van der Waals surface area contributed by atoms with Crippen LogP contribution in [-0.4, -0.2) is 44.9 Å². The highest BCUT2D eigenvalue weighted by Crippen LogP contribution is 2.31. The zero-order valence-corrected chi connectivity index (χ0v) is 21.3. The molecule has 0 unspecified atom stereocenters. The van der Waals surface area contributed by atoms with Crippen molar-refractivity contribution < 1.29 is 22.6 Å². The Kier molecular flexibility index (Phi) is 9.56. The molecule has 0 spiro atoms. The van der Waals surface area contributed by atoms with Crippen LogP contribution in [0.1, 0.15) is 43.7 Å². The molecule has 186 valence electrons. The summed E-state index contributed by atoms with van der Waals surface area (Å²) in [5.74, 6) is 1.41. The molecule has 0 N–H and O–H groups in total. The Labute approximate surface area is 204 Å². The lowest BCUT2D eigenvalue weighted by Gasteiger charge is -2.32. The largest absolute Gasteiger partial charge is 0.497 e. The summed E-state index contributed by atoms with van der Waals surface area (Å²) in [5, 5.41) is -0.551. The van der Waals surface area contributed by atoms with Gasteiger partial charge in [0, 0.05) is 19.7 Å². The summed E-state index contributed by atoms with van der Waals surface area (Å²) in [6.45, 7) is 7.11. The molecular weight excluding hydrogens is 450 g/mol. The predicted octanol–water partition coefficient (Wildman–Crippen LogP) is 5.19. The number of allylic oxidation sites excluding steroid dienone is 1. The summed E-state index contributed by atoms with van der Waals surface area (Å²) in [5.41, 5.74) is 1.82. The molecule has 2 aromatic carbocycles. The molecule has 0 aliphatic carbocycles. The first-order valence-corrected chi connectivity index (χ1v) is 13.3. The zero-order valence-electron chi connectivity index (χ0n) is 20.5. The Morgan fingerprint density at radius 2 is 1.56 bits per heavy atom. The maximum absolute atomic E-state index is 14.2. The number of hydrogen-bond donors (Lipinski definition) is 0. The van der Waals surface area contributed by atoms with E-state index in [-0.39, 0.29) is 25.1 Å². The van der Waals surface area contributed by atoms with E-state index in [2.05, 4.69) is 6.58 Å². The molecule has 1 aliphatic heterocycles. The highest BCUT2D eigenvalue weighted by atomic mass is 32.2. The number of sulfonamides is 1. The molecule has 3 rings (SSSR count). The van der Waals surface area contributed by atoms with Gasteiger partial charge in [0.2, 0.25) is 10.0 Å². The predicted molar refractivity (Wildman–Crippen MR) is 136 cm³/mol. The smallest absolute Gasteiger partial charge is 0.217 e. The fourth-order valence-electron chi connectivity index (χ4n) is 4.45. The van der Waals surface area contributed by atoms with Crippen LogP contribution in [0.3, 0.4) is 0 Å². The van der Waals surface area contributed by atoms with Gasteiger partial charge in [0.05, 0.1) is 25.6 Å². The molecule has 7 heteroatoms. The third-order valence-electron chi connectivity index (χ3n) is 6.47. The van der Waals surface area contributed by atoms with Crippen LogP contribution < -0.4 is 9.47 Å². The second kappa shape index (κ2) is 12.4. The minimum Gasteiger partial charge on any atom is -0.497 e. The summed E-state index contributed by atoms with van der Waals surface area (Å²) < 4.78 is 46.3. The lowest BCUT2D eigenvalue weighted by molar-refractivity contribution is 0.0989. The summed E-state index contributed by atoms with van der Waals surface area (Å²) in [4.78, 5) is 0. The van der Waals surface area contributed by atoms with Crippen molar-refractivity contribution >= 4 is 10.0 Å². The Bertz CT molecular complexity index is 949. The molecule has 34 heavy (non-hydrogen) atoms. The number of nitrogens with zero attached hydrogens (tertiary/aromatic N) is 1. The van der Waals surface area contributed by atoms with Gasteiger partial charge in [-0.3, -0.25) is 0 Å². The minimum absolute atomic E-state index is 0.0177.